The molecule has 0 atom stereocenters. The molecule has 0 heterocycles. The normalized spacial score (nSPS) is 13.7. The van der Waals surface area contributed by atoms with E-state index in [1.165, 1.54) is 0 Å². The lowest BCUT2D eigenvalue weighted by molar-refractivity contribution is -0.212. The third-order valence-corrected chi connectivity index (χ3v) is 4.47. The number of hydrogen-bond donors (Lipinski definition) is 0. The summed E-state index contributed by atoms with van der Waals surface area (Å²) in [4.78, 5) is 0. The van der Waals surface area contributed by atoms with E-state index in [0.717, 1.165) is 0 Å². The van der Waals surface area contributed by atoms with Crippen molar-refractivity contribution in [3.8, 4) is 36.4 Å². The molecule has 0 radical (unpaired) electrons. The lowest BCUT2D eigenvalue weighted by atomic mass is 9.94. The van der Waals surface area contributed by atoms with Crippen molar-refractivity contribution >= 4 is 0 Å². The summed E-state index contributed by atoms with van der Waals surface area (Å²) in [5.41, 5.74) is 0.0351. The summed E-state index contributed by atoms with van der Waals surface area (Å²) in [6, 6.07) is 11.8. The van der Waals surface area contributed by atoms with Gasteiger partial charge in [-0.05, 0) is 0 Å². The highest BCUT2D eigenvalue weighted by molar-refractivity contribution is 5.50. The van der Waals surface area contributed by atoms with Crippen molar-refractivity contribution in [3.05, 3.63) is 35.2 Å². The van der Waals surface area contributed by atoms with Gasteiger partial charge in [-0.3, -0.25) is 0 Å². The van der Waals surface area contributed by atoms with Crippen molar-refractivity contribution in [2.75, 3.05) is 39.6 Å². The molecule has 0 unspecified atom stereocenters. The Hall–Kier alpha value is -4.72. The Labute approximate surface area is 215 Å². The average molecular weight is 507 g/mol. The third-order valence-electron chi connectivity index (χ3n) is 4.47. The van der Waals surface area contributed by atoms with Crippen LogP contribution in [0, 0.1) is 68.0 Å². The van der Waals surface area contributed by atoms with E-state index in [0.29, 0.717) is 0 Å². The number of hydrogen-bond acceptors (Lipinski definition) is 12. The van der Waals surface area contributed by atoms with Crippen molar-refractivity contribution < 1.29 is 28.4 Å². The lowest BCUT2D eigenvalue weighted by Gasteiger charge is -2.41. The van der Waals surface area contributed by atoms with Crippen LogP contribution in [0.5, 0.6) is 0 Å². The molecule has 1 rings (SSSR count). The zero-order chi connectivity index (χ0) is 27.4. The molecule has 1 aliphatic carbocycles. The van der Waals surface area contributed by atoms with Gasteiger partial charge in [0.15, 0.2) is 5.76 Å². The molecule has 12 heteroatoms. The molecule has 37 heavy (non-hydrogen) atoms. The van der Waals surface area contributed by atoms with Crippen LogP contribution in [-0.4, -0.2) is 45.4 Å². The second-order valence-electron chi connectivity index (χ2n) is 6.95. The first kappa shape index (κ1) is 30.3. The van der Waals surface area contributed by atoms with E-state index in [-0.39, 0.29) is 107 Å². The van der Waals surface area contributed by atoms with Gasteiger partial charge in [-0.1, -0.05) is 6.58 Å². The molecule has 0 spiro atoms. The Morgan fingerprint density at radius 2 is 0.838 bits per heavy atom. The smallest absolute Gasteiger partial charge is 0.262 e. The van der Waals surface area contributed by atoms with Gasteiger partial charge in [-0.15, -0.1) is 0 Å². The molecule has 0 aromatic rings. The van der Waals surface area contributed by atoms with Crippen molar-refractivity contribution in [2.45, 2.75) is 44.3 Å². The summed E-state index contributed by atoms with van der Waals surface area (Å²) in [5, 5.41) is 54.2. The standard InChI is InChI=1S/C25H26N6O6/c1-20-21(32-14-2-8-26)22(33-15-3-9-27)23(34-16-4-10-28)24(35-17-5-11-29)25(20,36-18-6-12-30)37-19-7-13-31/h1-7,14-19H2. The van der Waals surface area contributed by atoms with Crippen LogP contribution in [0.15, 0.2) is 35.2 Å². The topological polar surface area (TPSA) is 198 Å². The molecule has 0 saturated heterocycles. The van der Waals surface area contributed by atoms with E-state index < -0.39 is 5.79 Å². The fourth-order valence-electron chi connectivity index (χ4n) is 2.98. The molecule has 12 nitrogen and oxygen atoms in total. The molecule has 1 aliphatic rings. The van der Waals surface area contributed by atoms with Crippen LogP contribution in [0.25, 0.3) is 0 Å². The largest absolute Gasteiger partial charge is 0.488 e. The maximum Gasteiger partial charge on any atom is 0.262 e. The third kappa shape index (κ3) is 8.78. The SMILES string of the molecule is C=C1C(OCCC#N)=C(OCCC#N)C(OCCC#N)=C(OCCC#N)C1(OCCC#N)OCCC#N. The summed E-state index contributed by atoms with van der Waals surface area (Å²) < 4.78 is 35.5. The van der Waals surface area contributed by atoms with Crippen LogP contribution in [0.2, 0.25) is 0 Å². The second kappa shape index (κ2) is 17.7. The summed E-state index contributed by atoms with van der Waals surface area (Å²) in [6.45, 7) is 3.41. The van der Waals surface area contributed by atoms with Crippen LogP contribution >= 0.6 is 0 Å². The summed E-state index contributed by atoms with van der Waals surface area (Å²) in [6.07, 6.45) is -0.0731. The maximum atomic E-state index is 9.07. The Morgan fingerprint density at radius 3 is 1.27 bits per heavy atom. The quantitative estimate of drug-likeness (QED) is 0.194. The lowest BCUT2D eigenvalue weighted by Crippen LogP contribution is -2.46. The first-order chi connectivity index (χ1) is 18.1. The molecule has 0 aromatic carbocycles. The maximum absolute atomic E-state index is 9.07. The van der Waals surface area contributed by atoms with E-state index in [1.807, 2.05) is 36.4 Å². The molecule has 0 bridgehead atoms. The van der Waals surface area contributed by atoms with Gasteiger partial charge in [0.25, 0.3) is 5.79 Å². The Balaban J connectivity index is 3.85. The Kier molecular flexibility index (Phi) is 14.5. The van der Waals surface area contributed by atoms with E-state index in [4.69, 9.17) is 60.0 Å². The Bertz CT molecular complexity index is 1080. The molecule has 0 amide bonds. The van der Waals surface area contributed by atoms with Crippen LogP contribution in [0.1, 0.15) is 38.5 Å². The van der Waals surface area contributed by atoms with Gasteiger partial charge in [-0.25, -0.2) is 0 Å². The fraction of sp³-hybridized carbons (Fsp3) is 0.520. The number of rotatable bonds is 18. The minimum Gasteiger partial charge on any atom is -0.488 e. The highest BCUT2D eigenvalue weighted by Crippen LogP contribution is 2.46. The van der Waals surface area contributed by atoms with Crippen LogP contribution in [0.4, 0.5) is 0 Å². The number of ether oxygens (including phenoxy) is 6. The predicted octanol–water partition coefficient (Wildman–Crippen LogP) is 3.26. The summed E-state index contributed by atoms with van der Waals surface area (Å²) >= 11 is 0. The fourth-order valence-corrected chi connectivity index (χ4v) is 2.98. The first-order valence-electron chi connectivity index (χ1n) is 11.3. The molecule has 0 aromatic heterocycles. The molecule has 192 valence electrons. The molecular formula is C25H26N6O6. The van der Waals surface area contributed by atoms with Gasteiger partial charge < -0.3 is 28.4 Å². The van der Waals surface area contributed by atoms with Gasteiger partial charge >= 0.3 is 0 Å². The number of nitrogens with zero attached hydrogens (tertiary/aromatic N) is 6. The highest BCUT2D eigenvalue weighted by atomic mass is 16.7. The van der Waals surface area contributed by atoms with E-state index in [1.54, 1.807) is 0 Å². The minimum absolute atomic E-state index is 0.0103. The zero-order valence-corrected chi connectivity index (χ0v) is 20.3. The number of nitriles is 6. The van der Waals surface area contributed by atoms with Crippen molar-refractivity contribution in [3.63, 3.8) is 0 Å². The van der Waals surface area contributed by atoms with Gasteiger partial charge in [-0.2, -0.15) is 31.6 Å². The molecule has 0 saturated carbocycles. The molecule has 0 fully saturated rings. The van der Waals surface area contributed by atoms with Crippen LogP contribution in [0.3, 0.4) is 0 Å². The van der Waals surface area contributed by atoms with Gasteiger partial charge in [0, 0.05) is 0 Å². The van der Waals surface area contributed by atoms with Gasteiger partial charge in [0.2, 0.25) is 17.3 Å². The molecule has 0 aliphatic heterocycles. The van der Waals surface area contributed by atoms with E-state index in [9.17, 15) is 0 Å². The molecule has 0 N–H and O–H groups in total. The van der Waals surface area contributed by atoms with Gasteiger partial charge in [0.1, 0.15) is 26.4 Å². The summed E-state index contributed by atoms with van der Waals surface area (Å²) in [5.74, 6) is -2.18. The predicted molar refractivity (Wildman–Crippen MR) is 123 cm³/mol. The average Bonchev–Trinajstić information content (AvgIpc) is 2.90. The molecular weight excluding hydrogens is 480 g/mol. The first-order valence-corrected chi connectivity index (χ1v) is 11.3. The van der Waals surface area contributed by atoms with E-state index >= 15 is 0 Å². The van der Waals surface area contributed by atoms with Crippen molar-refractivity contribution in [1.29, 1.82) is 31.6 Å². The minimum atomic E-state index is -1.95. The van der Waals surface area contributed by atoms with E-state index in [2.05, 4.69) is 6.58 Å². The van der Waals surface area contributed by atoms with Crippen LogP contribution < -0.4 is 0 Å². The zero-order valence-electron chi connectivity index (χ0n) is 20.3. The second-order valence-corrected chi connectivity index (χ2v) is 6.95. The Morgan fingerprint density at radius 1 is 0.486 bits per heavy atom. The van der Waals surface area contributed by atoms with Crippen molar-refractivity contribution in [1.82, 2.24) is 0 Å². The van der Waals surface area contributed by atoms with Gasteiger partial charge in [0.05, 0.1) is 93.7 Å². The summed E-state index contributed by atoms with van der Waals surface area (Å²) in [7, 11) is 0. The van der Waals surface area contributed by atoms with Crippen molar-refractivity contribution in [2.24, 2.45) is 0 Å². The monoisotopic (exact) mass is 506 g/mol. The van der Waals surface area contributed by atoms with Crippen LogP contribution in [-0.2, 0) is 28.4 Å². The highest BCUT2D eigenvalue weighted by Gasteiger charge is 2.52.